The summed E-state index contributed by atoms with van der Waals surface area (Å²) in [4.78, 5) is 0. The van der Waals surface area contributed by atoms with Gasteiger partial charge in [0.05, 0.1) is 12.7 Å². The summed E-state index contributed by atoms with van der Waals surface area (Å²) in [5.74, 6) is 0. The normalized spacial score (nSPS) is 35.3. The Morgan fingerprint density at radius 2 is 1.84 bits per heavy atom. The molecule has 0 spiro atoms. The monoisotopic (exact) mass is 268 g/mol. The average molecular weight is 268 g/mol. The van der Waals surface area contributed by atoms with E-state index in [1.807, 2.05) is 30.3 Å². The Morgan fingerprint density at radius 3 is 2.47 bits per heavy atom. The van der Waals surface area contributed by atoms with Crippen LogP contribution in [0.3, 0.4) is 0 Å². The molecule has 1 aromatic rings. The van der Waals surface area contributed by atoms with Crippen LogP contribution >= 0.6 is 0 Å². The fraction of sp³-hybridized carbons (Fsp3) is 0.571. The van der Waals surface area contributed by atoms with Gasteiger partial charge in [0.25, 0.3) is 0 Å². The van der Waals surface area contributed by atoms with Gasteiger partial charge in [-0.25, -0.2) is 0 Å². The third-order valence-corrected chi connectivity index (χ3v) is 3.33. The minimum Gasteiger partial charge on any atom is -0.385 e. The van der Waals surface area contributed by atoms with E-state index in [0.717, 1.165) is 5.56 Å². The van der Waals surface area contributed by atoms with Crippen LogP contribution in [0.25, 0.3) is 0 Å². The van der Waals surface area contributed by atoms with Crippen molar-refractivity contribution in [2.75, 3.05) is 7.11 Å². The van der Waals surface area contributed by atoms with Crippen molar-refractivity contribution in [3.63, 3.8) is 0 Å². The molecule has 2 N–H and O–H groups in total. The summed E-state index contributed by atoms with van der Waals surface area (Å²) in [7, 11) is 1.48. The smallest absolute Gasteiger partial charge is 0.183 e. The Hall–Kier alpha value is -0.980. The molecular formula is C14H20O5. The average Bonchev–Trinajstić information content (AvgIpc) is 2.42. The highest BCUT2D eigenvalue weighted by Gasteiger charge is 2.43. The molecule has 0 aliphatic carbocycles. The fourth-order valence-electron chi connectivity index (χ4n) is 2.27. The Morgan fingerprint density at radius 1 is 1.16 bits per heavy atom. The zero-order valence-electron chi connectivity index (χ0n) is 11.1. The van der Waals surface area contributed by atoms with Crippen LogP contribution in [-0.2, 0) is 20.8 Å². The summed E-state index contributed by atoms with van der Waals surface area (Å²) < 4.78 is 16.2. The standard InChI is InChI=1S/C14H20O5/c1-9-12(13(17-2)11(15)14(16)19-9)18-8-10-6-4-3-5-7-10/h3-7,9,11-16H,8H2,1-2H3/t9-,11+,12-,13-,14+/m0/s1. The molecule has 1 saturated heterocycles. The number of ether oxygens (including phenoxy) is 3. The predicted molar refractivity (Wildman–Crippen MR) is 68.4 cm³/mol. The lowest BCUT2D eigenvalue weighted by Gasteiger charge is -2.41. The maximum atomic E-state index is 9.84. The van der Waals surface area contributed by atoms with Crippen molar-refractivity contribution in [3.05, 3.63) is 35.9 Å². The van der Waals surface area contributed by atoms with Crippen LogP contribution in [0.2, 0.25) is 0 Å². The molecule has 0 unspecified atom stereocenters. The van der Waals surface area contributed by atoms with E-state index < -0.39 is 24.6 Å². The summed E-state index contributed by atoms with van der Waals surface area (Å²) in [6, 6.07) is 9.73. The number of benzene rings is 1. The lowest BCUT2D eigenvalue weighted by atomic mass is 9.99. The van der Waals surface area contributed by atoms with Crippen LogP contribution in [0.1, 0.15) is 12.5 Å². The van der Waals surface area contributed by atoms with Crippen LogP contribution in [0.5, 0.6) is 0 Å². The fourth-order valence-corrected chi connectivity index (χ4v) is 2.27. The molecule has 1 aliphatic rings. The molecule has 19 heavy (non-hydrogen) atoms. The number of methoxy groups -OCH3 is 1. The van der Waals surface area contributed by atoms with Gasteiger partial charge in [0.15, 0.2) is 6.29 Å². The minimum absolute atomic E-state index is 0.355. The highest BCUT2D eigenvalue weighted by Crippen LogP contribution is 2.25. The summed E-state index contributed by atoms with van der Waals surface area (Å²) in [6.07, 6.45) is -3.74. The molecule has 1 aliphatic heterocycles. The second-order valence-corrected chi connectivity index (χ2v) is 4.68. The van der Waals surface area contributed by atoms with Gasteiger partial charge in [-0.3, -0.25) is 0 Å². The first-order valence-corrected chi connectivity index (χ1v) is 6.33. The molecule has 0 amide bonds. The molecule has 5 nitrogen and oxygen atoms in total. The highest BCUT2D eigenvalue weighted by atomic mass is 16.7. The largest absolute Gasteiger partial charge is 0.385 e. The molecule has 2 rings (SSSR count). The number of rotatable bonds is 4. The zero-order chi connectivity index (χ0) is 13.8. The third-order valence-electron chi connectivity index (χ3n) is 3.33. The summed E-state index contributed by atoms with van der Waals surface area (Å²) in [6.45, 7) is 2.19. The SMILES string of the molecule is CO[C@H]1[C@@H](O)[C@H](O)O[C@@H](C)[C@@H]1OCc1ccccc1. The molecule has 0 radical (unpaired) electrons. The van der Waals surface area contributed by atoms with E-state index in [1.165, 1.54) is 7.11 Å². The van der Waals surface area contributed by atoms with E-state index in [1.54, 1.807) is 6.92 Å². The van der Waals surface area contributed by atoms with Gasteiger partial charge in [0.2, 0.25) is 0 Å². The number of aliphatic hydroxyl groups is 2. The minimum atomic E-state index is -1.24. The molecule has 1 aromatic carbocycles. The van der Waals surface area contributed by atoms with Crippen molar-refractivity contribution in [1.82, 2.24) is 0 Å². The van der Waals surface area contributed by atoms with Gasteiger partial charge in [-0.15, -0.1) is 0 Å². The Bertz CT molecular complexity index is 383. The van der Waals surface area contributed by atoms with Gasteiger partial charge in [0, 0.05) is 7.11 Å². The van der Waals surface area contributed by atoms with E-state index in [4.69, 9.17) is 14.2 Å². The van der Waals surface area contributed by atoms with E-state index >= 15 is 0 Å². The van der Waals surface area contributed by atoms with E-state index in [-0.39, 0.29) is 6.10 Å². The second kappa shape index (κ2) is 6.45. The molecule has 5 heteroatoms. The maximum absolute atomic E-state index is 9.84. The molecule has 1 heterocycles. The van der Waals surface area contributed by atoms with Crippen molar-refractivity contribution in [1.29, 1.82) is 0 Å². The second-order valence-electron chi connectivity index (χ2n) is 4.68. The van der Waals surface area contributed by atoms with Gasteiger partial charge in [-0.2, -0.15) is 0 Å². The first-order valence-electron chi connectivity index (χ1n) is 6.33. The Balaban J connectivity index is 2.00. The molecule has 1 fully saturated rings. The van der Waals surface area contributed by atoms with Crippen LogP contribution in [0.4, 0.5) is 0 Å². The first-order chi connectivity index (χ1) is 9.13. The Kier molecular flexibility index (Phi) is 4.90. The van der Waals surface area contributed by atoms with Crippen molar-refractivity contribution >= 4 is 0 Å². The van der Waals surface area contributed by atoms with Crippen molar-refractivity contribution in [2.24, 2.45) is 0 Å². The highest BCUT2D eigenvalue weighted by molar-refractivity contribution is 5.13. The van der Waals surface area contributed by atoms with E-state index in [9.17, 15) is 10.2 Å². The maximum Gasteiger partial charge on any atom is 0.183 e. The van der Waals surface area contributed by atoms with Crippen LogP contribution in [0.15, 0.2) is 30.3 Å². The molecule has 0 saturated carbocycles. The number of hydrogen-bond donors (Lipinski definition) is 2. The van der Waals surface area contributed by atoms with Gasteiger partial charge in [-0.05, 0) is 12.5 Å². The molecular weight excluding hydrogens is 248 g/mol. The lowest BCUT2D eigenvalue weighted by Crippen LogP contribution is -2.58. The molecule has 0 aromatic heterocycles. The van der Waals surface area contributed by atoms with Gasteiger partial charge in [0.1, 0.15) is 18.3 Å². The van der Waals surface area contributed by atoms with E-state index in [0.29, 0.717) is 6.61 Å². The number of hydrogen-bond acceptors (Lipinski definition) is 5. The summed E-state index contributed by atoms with van der Waals surface area (Å²) in [5.41, 5.74) is 1.03. The summed E-state index contributed by atoms with van der Waals surface area (Å²) in [5, 5.41) is 19.4. The van der Waals surface area contributed by atoms with Crippen molar-refractivity contribution < 1.29 is 24.4 Å². The van der Waals surface area contributed by atoms with Crippen molar-refractivity contribution in [3.8, 4) is 0 Å². The van der Waals surface area contributed by atoms with Crippen LogP contribution in [0, 0.1) is 0 Å². The lowest BCUT2D eigenvalue weighted by molar-refractivity contribution is -0.291. The number of aliphatic hydroxyl groups excluding tert-OH is 2. The third kappa shape index (κ3) is 3.32. The Labute approximate surface area is 112 Å². The molecule has 5 atom stereocenters. The van der Waals surface area contributed by atoms with Crippen LogP contribution < -0.4 is 0 Å². The summed E-state index contributed by atoms with van der Waals surface area (Å²) >= 11 is 0. The van der Waals surface area contributed by atoms with Gasteiger partial charge in [-0.1, -0.05) is 30.3 Å². The molecule has 106 valence electrons. The van der Waals surface area contributed by atoms with Crippen LogP contribution in [-0.4, -0.2) is 48.0 Å². The zero-order valence-corrected chi connectivity index (χ0v) is 11.1. The quantitative estimate of drug-likeness (QED) is 0.840. The topological polar surface area (TPSA) is 68.2 Å². The first kappa shape index (κ1) is 14.4. The molecule has 0 bridgehead atoms. The van der Waals surface area contributed by atoms with Gasteiger partial charge >= 0.3 is 0 Å². The van der Waals surface area contributed by atoms with E-state index in [2.05, 4.69) is 0 Å². The van der Waals surface area contributed by atoms with Crippen molar-refractivity contribution in [2.45, 2.75) is 44.2 Å². The predicted octanol–water partition coefficient (Wildman–Crippen LogP) is 0.685. The van der Waals surface area contributed by atoms with Gasteiger partial charge < -0.3 is 24.4 Å².